The van der Waals surface area contributed by atoms with Gasteiger partial charge in [0.2, 0.25) is 0 Å². The van der Waals surface area contributed by atoms with Crippen molar-refractivity contribution in [3.63, 3.8) is 0 Å². The van der Waals surface area contributed by atoms with Crippen LogP contribution in [0.25, 0.3) is 0 Å². The quantitative estimate of drug-likeness (QED) is 0.613. The van der Waals surface area contributed by atoms with Gasteiger partial charge in [-0.3, -0.25) is 0 Å². The first-order valence-corrected chi connectivity index (χ1v) is 3.94. The molecule has 0 rings (SSSR count). The fourth-order valence-electron chi connectivity index (χ4n) is 1.04. The minimum Gasteiger partial charge on any atom is -0.312 e. The summed E-state index contributed by atoms with van der Waals surface area (Å²) in [5.74, 6) is 0. The van der Waals surface area contributed by atoms with Crippen LogP contribution in [-0.4, -0.2) is 37.6 Å². The Morgan fingerprint density at radius 1 is 1.45 bits per heavy atom. The van der Waals surface area contributed by atoms with E-state index in [4.69, 9.17) is 0 Å². The molecule has 0 fully saturated rings. The molecule has 1 N–H and O–H groups in total. The molecule has 0 aliphatic heterocycles. The maximum atomic E-state index is 3.79. The van der Waals surface area contributed by atoms with E-state index >= 15 is 0 Å². The minimum absolute atomic E-state index is 0.122. The van der Waals surface area contributed by atoms with Gasteiger partial charge in [-0.05, 0) is 35.0 Å². The van der Waals surface area contributed by atoms with Crippen molar-refractivity contribution >= 4 is 0 Å². The van der Waals surface area contributed by atoms with Crippen molar-refractivity contribution in [1.82, 2.24) is 10.2 Å². The summed E-state index contributed by atoms with van der Waals surface area (Å²) in [4.78, 5) is 2.19. The summed E-state index contributed by atoms with van der Waals surface area (Å²) in [6.45, 7) is 8.17. The first-order valence-electron chi connectivity index (χ1n) is 3.94. The van der Waals surface area contributed by atoms with Crippen molar-refractivity contribution in [2.75, 3.05) is 21.1 Å². The lowest BCUT2D eigenvalue weighted by Gasteiger charge is -2.38. The molecule has 0 aliphatic rings. The fraction of sp³-hybridized carbons (Fsp3) is 0.778. The summed E-state index contributed by atoms with van der Waals surface area (Å²) in [7, 11) is 6.11. The maximum Gasteiger partial charge on any atom is 0.0426 e. The van der Waals surface area contributed by atoms with Crippen LogP contribution in [0.4, 0.5) is 0 Å². The zero-order chi connectivity index (χ0) is 9.07. The molecule has 0 aromatic heterocycles. The van der Waals surface area contributed by atoms with E-state index in [1.165, 1.54) is 0 Å². The van der Waals surface area contributed by atoms with Gasteiger partial charge in [-0.1, -0.05) is 6.08 Å². The van der Waals surface area contributed by atoms with Gasteiger partial charge in [0.25, 0.3) is 0 Å². The third kappa shape index (κ3) is 2.31. The first-order chi connectivity index (χ1) is 4.96. The summed E-state index contributed by atoms with van der Waals surface area (Å²) < 4.78 is 0. The molecule has 0 amide bonds. The van der Waals surface area contributed by atoms with E-state index in [0.29, 0.717) is 6.04 Å². The molecule has 2 heteroatoms. The smallest absolute Gasteiger partial charge is 0.0426 e. The van der Waals surface area contributed by atoms with Gasteiger partial charge in [0, 0.05) is 11.6 Å². The molecule has 0 aliphatic carbocycles. The van der Waals surface area contributed by atoms with Crippen molar-refractivity contribution in [3.8, 4) is 0 Å². The second kappa shape index (κ2) is 3.88. The lowest BCUT2D eigenvalue weighted by atomic mass is 9.93. The number of nitrogens with one attached hydrogen (secondary N) is 1. The summed E-state index contributed by atoms with van der Waals surface area (Å²) in [6, 6.07) is 0.331. The predicted octanol–water partition coefficient (Wildman–Crippen LogP) is 1.10. The molecule has 0 saturated heterocycles. The van der Waals surface area contributed by atoms with Crippen molar-refractivity contribution < 1.29 is 0 Å². The average Bonchev–Trinajstić information content (AvgIpc) is 1.89. The first kappa shape index (κ1) is 10.7. The highest BCUT2D eigenvalue weighted by Gasteiger charge is 2.27. The van der Waals surface area contributed by atoms with Gasteiger partial charge in [-0.25, -0.2) is 0 Å². The Kier molecular flexibility index (Phi) is 3.76. The molecule has 66 valence electrons. The van der Waals surface area contributed by atoms with Crippen LogP contribution in [0.3, 0.4) is 0 Å². The van der Waals surface area contributed by atoms with Crippen LogP contribution < -0.4 is 5.32 Å². The highest BCUT2D eigenvalue weighted by molar-refractivity contribution is 5.00. The van der Waals surface area contributed by atoms with Crippen molar-refractivity contribution in [2.45, 2.75) is 25.4 Å². The molecule has 0 bridgehead atoms. The van der Waals surface area contributed by atoms with E-state index in [9.17, 15) is 0 Å². The minimum atomic E-state index is 0.122. The van der Waals surface area contributed by atoms with Gasteiger partial charge in [0.15, 0.2) is 0 Å². The Bertz CT molecular complexity index is 128. The summed E-state index contributed by atoms with van der Waals surface area (Å²) in [6.07, 6.45) is 1.94. The maximum absolute atomic E-state index is 3.79. The van der Waals surface area contributed by atoms with Gasteiger partial charge in [-0.15, -0.1) is 6.58 Å². The van der Waals surface area contributed by atoms with Gasteiger partial charge in [0.1, 0.15) is 0 Å². The van der Waals surface area contributed by atoms with E-state index in [-0.39, 0.29) is 5.54 Å². The zero-order valence-electron chi connectivity index (χ0n) is 8.31. The predicted molar refractivity (Wildman–Crippen MR) is 50.8 cm³/mol. The van der Waals surface area contributed by atoms with Crippen LogP contribution in [0.5, 0.6) is 0 Å². The zero-order valence-corrected chi connectivity index (χ0v) is 8.31. The molecule has 0 saturated carbocycles. The van der Waals surface area contributed by atoms with Crippen LogP contribution in [0, 0.1) is 0 Å². The molecule has 0 heterocycles. The molecule has 11 heavy (non-hydrogen) atoms. The van der Waals surface area contributed by atoms with Gasteiger partial charge in [-0.2, -0.15) is 0 Å². The molecular weight excluding hydrogens is 136 g/mol. The molecule has 0 spiro atoms. The van der Waals surface area contributed by atoms with E-state index in [1.54, 1.807) is 0 Å². The van der Waals surface area contributed by atoms with Gasteiger partial charge < -0.3 is 10.2 Å². The van der Waals surface area contributed by atoms with Crippen molar-refractivity contribution in [3.05, 3.63) is 12.7 Å². The second-order valence-electron chi connectivity index (χ2n) is 3.55. The van der Waals surface area contributed by atoms with Gasteiger partial charge >= 0.3 is 0 Å². The average molecular weight is 156 g/mol. The summed E-state index contributed by atoms with van der Waals surface area (Å²) >= 11 is 0. The Balaban J connectivity index is 4.36. The van der Waals surface area contributed by atoms with E-state index < -0.39 is 0 Å². The summed E-state index contributed by atoms with van der Waals surface area (Å²) in [5.41, 5.74) is 0.122. The Hall–Kier alpha value is -0.340. The molecule has 1 unspecified atom stereocenters. The molecule has 1 atom stereocenters. The number of nitrogens with zero attached hydrogens (tertiary/aromatic N) is 1. The van der Waals surface area contributed by atoms with E-state index in [1.807, 2.05) is 13.1 Å². The van der Waals surface area contributed by atoms with E-state index in [0.717, 1.165) is 0 Å². The molecular formula is C9H20N2. The van der Waals surface area contributed by atoms with Crippen molar-refractivity contribution in [1.29, 1.82) is 0 Å². The van der Waals surface area contributed by atoms with Crippen LogP contribution in [0.2, 0.25) is 0 Å². The number of rotatable bonds is 4. The fourth-order valence-corrected chi connectivity index (χ4v) is 1.04. The third-order valence-corrected chi connectivity index (χ3v) is 2.46. The molecule has 0 aromatic carbocycles. The second-order valence-corrected chi connectivity index (χ2v) is 3.55. The monoisotopic (exact) mass is 156 g/mol. The third-order valence-electron chi connectivity index (χ3n) is 2.46. The van der Waals surface area contributed by atoms with Crippen molar-refractivity contribution in [2.24, 2.45) is 0 Å². The molecule has 2 nitrogen and oxygen atoms in total. The van der Waals surface area contributed by atoms with Crippen LogP contribution in [0.15, 0.2) is 12.7 Å². The Morgan fingerprint density at radius 2 is 1.91 bits per heavy atom. The Labute approximate surface area is 70.3 Å². The Morgan fingerprint density at radius 3 is 2.00 bits per heavy atom. The largest absolute Gasteiger partial charge is 0.312 e. The number of hydrogen-bond donors (Lipinski definition) is 1. The van der Waals surface area contributed by atoms with Crippen LogP contribution in [0.1, 0.15) is 13.8 Å². The topological polar surface area (TPSA) is 15.3 Å². The lowest BCUT2D eigenvalue weighted by Crippen LogP contribution is -2.53. The highest BCUT2D eigenvalue weighted by atomic mass is 15.2. The molecule has 0 aromatic rings. The van der Waals surface area contributed by atoms with Gasteiger partial charge in [0.05, 0.1) is 0 Å². The highest BCUT2D eigenvalue weighted by Crippen LogP contribution is 2.15. The molecule has 0 radical (unpaired) electrons. The van der Waals surface area contributed by atoms with E-state index in [2.05, 4.69) is 44.7 Å². The SMILES string of the molecule is C=CC(NC)C(C)(C)N(C)C. The summed E-state index contributed by atoms with van der Waals surface area (Å²) in [5, 5.41) is 3.21. The number of hydrogen-bond acceptors (Lipinski definition) is 2. The standard InChI is InChI=1S/C9H20N2/c1-7-8(10-4)9(2,3)11(5)6/h7-8,10H,1H2,2-6H3. The van der Waals surface area contributed by atoms with Crippen LogP contribution >= 0.6 is 0 Å². The normalized spacial score (nSPS) is 15.1. The van der Waals surface area contributed by atoms with Crippen LogP contribution in [-0.2, 0) is 0 Å². The lowest BCUT2D eigenvalue weighted by molar-refractivity contribution is 0.163. The number of likely N-dealkylation sites (N-methyl/N-ethyl adjacent to an activating group) is 2.